The summed E-state index contributed by atoms with van der Waals surface area (Å²) >= 11 is 0. The van der Waals surface area contributed by atoms with Crippen LogP contribution in [-0.4, -0.2) is 40.4 Å². The molecular formula is C22H38N2O4. The highest BCUT2D eigenvalue weighted by Crippen LogP contribution is 2.13. The van der Waals surface area contributed by atoms with Crippen LogP contribution in [-0.2, 0) is 9.59 Å². The molecule has 0 aliphatic carbocycles. The van der Waals surface area contributed by atoms with Crippen molar-refractivity contribution < 1.29 is 19.8 Å². The van der Waals surface area contributed by atoms with Crippen LogP contribution in [0.4, 0.5) is 0 Å². The molecule has 0 rings (SSSR count). The number of aliphatic carboxylic acids is 1. The maximum atomic E-state index is 12.6. The molecule has 0 fully saturated rings. The van der Waals surface area contributed by atoms with E-state index in [1.165, 1.54) is 0 Å². The number of rotatable bonds is 13. The Labute approximate surface area is 169 Å². The van der Waals surface area contributed by atoms with Crippen LogP contribution in [0.3, 0.4) is 0 Å². The zero-order valence-electron chi connectivity index (χ0n) is 18.3. The largest absolute Gasteiger partial charge is 0.515 e. The molecule has 0 heterocycles. The van der Waals surface area contributed by atoms with Gasteiger partial charge >= 0.3 is 5.97 Å². The number of nitrogens with one attached hydrogen (secondary N) is 1. The van der Waals surface area contributed by atoms with Gasteiger partial charge in [0.15, 0.2) is 0 Å². The fourth-order valence-corrected chi connectivity index (χ4v) is 2.84. The molecular weight excluding hydrogens is 356 g/mol. The third kappa shape index (κ3) is 11.6. The minimum atomic E-state index is -0.887. The number of aliphatic imine (C=N–C) groups is 1. The van der Waals surface area contributed by atoms with Crippen molar-refractivity contribution in [2.75, 3.05) is 6.54 Å². The van der Waals surface area contributed by atoms with Gasteiger partial charge in [-0.25, -0.2) is 0 Å². The number of hydrogen-bond acceptors (Lipinski definition) is 4. The molecule has 1 amide bonds. The zero-order chi connectivity index (χ0) is 21.7. The number of aliphatic hydroxyl groups excluding tert-OH is 1. The molecule has 0 aromatic heterocycles. The Morgan fingerprint density at radius 2 is 1.75 bits per heavy atom. The van der Waals surface area contributed by atoms with Gasteiger partial charge in [0.1, 0.15) is 0 Å². The van der Waals surface area contributed by atoms with Crippen molar-refractivity contribution in [1.29, 1.82) is 0 Å². The monoisotopic (exact) mass is 394 g/mol. The molecule has 1 atom stereocenters. The second-order valence-electron chi connectivity index (χ2n) is 8.01. The first-order valence-electron chi connectivity index (χ1n) is 10.2. The third-order valence-corrected chi connectivity index (χ3v) is 4.37. The van der Waals surface area contributed by atoms with Crippen LogP contribution in [0.25, 0.3) is 0 Å². The van der Waals surface area contributed by atoms with Crippen molar-refractivity contribution in [2.45, 2.75) is 79.7 Å². The Bertz CT molecular complexity index is 589. The molecule has 0 aromatic rings. The number of hydrogen-bond donors (Lipinski definition) is 3. The van der Waals surface area contributed by atoms with Crippen LogP contribution >= 0.6 is 0 Å². The number of allylic oxidation sites excluding steroid dienone is 1. The number of carboxylic acids is 1. The van der Waals surface area contributed by atoms with Crippen molar-refractivity contribution in [1.82, 2.24) is 5.32 Å². The molecule has 0 saturated carbocycles. The van der Waals surface area contributed by atoms with E-state index in [0.29, 0.717) is 24.7 Å². The van der Waals surface area contributed by atoms with Gasteiger partial charge < -0.3 is 15.5 Å². The number of amides is 1. The van der Waals surface area contributed by atoms with E-state index in [-0.39, 0.29) is 18.0 Å². The number of carbonyl (C=O) groups is 2. The minimum absolute atomic E-state index is 0.00675. The third-order valence-electron chi connectivity index (χ3n) is 4.37. The first-order chi connectivity index (χ1) is 13.1. The summed E-state index contributed by atoms with van der Waals surface area (Å²) in [5.74, 6) is -0.399. The quantitative estimate of drug-likeness (QED) is 0.183. The number of aliphatic hydroxyl groups is 1. The fraction of sp³-hybridized carbons (Fsp3) is 0.682. The summed E-state index contributed by atoms with van der Waals surface area (Å²) in [6.45, 7) is 13.0. The zero-order valence-corrected chi connectivity index (χ0v) is 18.3. The lowest BCUT2D eigenvalue weighted by molar-refractivity contribution is -0.137. The average molecular weight is 395 g/mol. The van der Waals surface area contributed by atoms with Gasteiger partial charge in [0.2, 0.25) is 0 Å². The second-order valence-corrected chi connectivity index (χ2v) is 8.01. The van der Waals surface area contributed by atoms with Gasteiger partial charge in [-0.3, -0.25) is 14.6 Å². The van der Waals surface area contributed by atoms with Gasteiger partial charge in [-0.15, -0.1) is 0 Å². The number of nitrogens with zero attached hydrogens (tertiary/aromatic N) is 1. The lowest BCUT2D eigenvalue weighted by atomic mass is 9.99. The van der Waals surface area contributed by atoms with Gasteiger partial charge in [-0.1, -0.05) is 34.6 Å². The minimum Gasteiger partial charge on any atom is -0.515 e. The van der Waals surface area contributed by atoms with E-state index < -0.39 is 11.9 Å². The summed E-state index contributed by atoms with van der Waals surface area (Å²) in [5.41, 5.74) is 1.90. The highest BCUT2D eigenvalue weighted by Gasteiger charge is 2.18. The van der Waals surface area contributed by atoms with Crippen LogP contribution in [0.1, 0.15) is 73.6 Å². The highest BCUT2D eigenvalue weighted by molar-refractivity contribution is 6.03. The molecule has 0 saturated heterocycles. The molecule has 3 N–H and O–H groups in total. The lowest BCUT2D eigenvalue weighted by Gasteiger charge is -2.20. The Morgan fingerprint density at radius 1 is 1.11 bits per heavy atom. The molecule has 28 heavy (non-hydrogen) atoms. The molecule has 0 aliphatic heterocycles. The van der Waals surface area contributed by atoms with E-state index in [0.717, 1.165) is 36.9 Å². The van der Waals surface area contributed by atoms with E-state index in [4.69, 9.17) is 5.11 Å². The first kappa shape index (κ1) is 25.9. The SMILES string of the molecule is CCC(=NCCC(C)C)C(C)=CC(=CO)C(=O)NC(CCC(=O)O)CC(C)C. The number of carbonyl (C=O) groups excluding carboxylic acids is 1. The van der Waals surface area contributed by atoms with Crippen LogP contribution < -0.4 is 5.32 Å². The normalized spacial score (nSPS) is 14.5. The molecule has 6 nitrogen and oxygen atoms in total. The van der Waals surface area contributed by atoms with Crippen molar-refractivity contribution >= 4 is 17.6 Å². The summed E-state index contributed by atoms with van der Waals surface area (Å²) in [4.78, 5) is 28.1. The topological polar surface area (TPSA) is 99.0 Å². The molecule has 0 bridgehead atoms. The maximum absolute atomic E-state index is 12.6. The van der Waals surface area contributed by atoms with E-state index in [1.54, 1.807) is 6.08 Å². The van der Waals surface area contributed by atoms with E-state index in [9.17, 15) is 14.7 Å². The first-order valence-corrected chi connectivity index (χ1v) is 10.2. The summed E-state index contributed by atoms with van der Waals surface area (Å²) in [6.07, 6.45) is 5.21. The second kappa shape index (κ2) is 14.0. The Hall–Kier alpha value is -2.11. The fourth-order valence-electron chi connectivity index (χ4n) is 2.84. The van der Waals surface area contributed by atoms with Gasteiger partial charge in [0.05, 0.1) is 11.8 Å². The van der Waals surface area contributed by atoms with Gasteiger partial charge in [-0.05, 0) is 56.1 Å². The van der Waals surface area contributed by atoms with Gasteiger partial charge in [0.25, 0.3) is 5.91 Å². The molecule has 0 aromatic carbocycles. The Balaban J connectivity index is 5.20. The van der Waals surface area contributed by atoms with Crippen LogP contribution in [0.5, 0.6) is 0 Å². The smallest absolute Gasteiger partial charge is 0.303 e. The maximum Gasteiger partial charge on any atom is 0.303 e. The number of carboxylic acid groups (broad SMARTS) is 1. The standard InChI is InChI=1S/C22H38N2O4/c1-7-20(23-11-10-15(2)3)17(6)13-18(14-25)22(28)24-19(12-16(4)5)8-9-21(26)27/h13-16,19,25H,7-12H2,1-6H3,(H,24,28)(H,26,27). The predicted octanol–water partition coefficient (Wildman–Crippen LogP) is 4.67. The van der Waals surface area contributed by atoms with Crippen molar-refractivity contribution in [3.05, 3.63) is 23.5 Å². The molecule has 0 spiro atoms. The molecule has 0 radical (unpaired) electrons. The van der Waals surface area contributed by atoms with Gasteiger partial charge in [-0.2, -0.15) is 0 Å². The Kier molecular flexibility index (Phi) is 12.9. The molecule has 0 aliphatic rings. The van der Waals surface area contributed by atoms with Crippen molar-refractivity contribution in [2.24, 2.45) is 16.8 Å². The predicted molar refractivity (Wildman–Crippen MR) is 115 cm³/mol. The lowest BCUT2D eigenvalue weighted by Crippen LogP contribution is -2.37. The summed E-state index contributed by atoms with van der Waals surface area (Å²) in [5, 5.41) is 21.3. The molecule has 160 valence electrons. The molecule has 6 heteroatoms. The summed E-state index contributed by atoms with van der Waals surface area (Å²) in [7, 11) is 0. The Morgan fingerprint density at radius 3 is 2.21 bits per heavy atom. The summed E-state index contributed by atoms with van der Waals surface area (Å²) < 4.78 is 0. The average Bonchev–Trinajstić information content (AvgIpc) is 2.60. The van der Waals surface area contributed by atoms with Crippen LogP contribution in [0.15, 0.2) is 28.5 Å². The van der Waals surface area contributed by atoms with Crippen molar-refractivity contribution in [3.63, 3.8) is 0 Å². The van der Waals surface area contributed by atoms with E-state index in [2.05, 4.69) is 24.2 Å². The van der Waals surface area contributed by atoms with Crippen LogP contribution in [0.2, 0.25) is 0 Å². The van der Waals surface area contributed by atoms with Crippen molar-refractivity contribution in [3.8, 4) is 0 Å². The summed E-state index contributed by atoms with van der Waals surface area (Å²) in [6, 6.07) is -0.252. The van der Waals surface area contributed by atoms with E-state index >= 15 is 0 Å². The highest BCUT2D eigenvalue weighted by atomic mass is 16.4. The van der Waals surface area contributed by atoms with Gasteiger partial charge in [0, 0.05) is 24.7 Å². The van der Waals surface area contributed by atoms with Crippen LogP contribution in [0, 0.1) is 11.8 Å². The molecule has 1 unspecified atom stereocenters. The van der Waals surface area contributed by atoms with E-state index in [1.807, 2.05) is 27.7 Å².